The number of ether oxygens (including phenoxy) is 5. The third kappa shape index (κ3) is 3.76. The summed E-state index contributed by atoms with van der Waals surface area (Å²) in [6.45, 7) is 4.39. The van der Waals surface area contributed by atoms with Crippen LogP contribution >= 0.6 is 0 Å². The lowest BCUT2D eigenvalue weighted by molar-refractivity contribution is -0.527. The molecule has 0 aromatic heterocycles. The first-order chi connectivity index (χ1) is 12.1. The Labute approximate surface area is 151 Å². The molecule has 10 nitrogen and oxygen atoms in total. The second kappa shape index (κ2) is 7.55. The summed E-state index contributed by atoms with van der Waals surface area (Å²) in [6, 6.07) is 0. The van der Waals surface area contributed by atoms with Crippen LogP contribution in [0.25, 0.3) is 0 Å². The van der Waals surface area contributed by atoms with Gasteiger partial charge in [-0.1, -0.05) is 0 Å². The summed E-state index contributed by atoms with van der Waals surface area (Å²) < 4.78 is 28.0. The van der Waals surface area contributed by atoms with Crippen molar-refractivity contribution in [3.63, 3.8) is 0 Å². The molecular weight excluding hydrogens is 352 g/mol. The monoisotopic (exact) mass is 379 g/mol. The van der Waals surface area contributed by atoms with Crippen LogP contribution in [0.2, 0.25) is 0 Å². The Kier molecular flexibility index (Phi) is 5.91. The molecule has 10 heteroatoms. The van der Waals surface area contributed by atoms with E-state index in [0.717, 1.165) is 0 Å². The van der Waals surface area contributed by atoms with Crippen molar-refractivity contribution in [1.82, 2.24) is 0 Å². The molecule has 10 atom stereocenters. The van der Waals surface area contributed by atoms with Gasteiger partial charge in [0.05, 0.1) is 19.3 Å². The van der Waals surface area contributed by atoms with E-state index in [1.54, 1.807) is 20.8 Å². The van der Waals surface area contributed by atoms with Crippen molar-refractivity contribution in [2.24, 2.45) is 0 Å². The second-order valence-electron chi connectivity index (χ2n) is 7.44. The van der Waals surface area contributed by atoms with Crippen LogP contribution in [-0.2, 0) is 23.7 Å². The van der Waals surface area contributed by atoms with Crippen LogP contribution in [0.5, 0.6) is 0 Å². The molecule has 0 radical (unpaired) electrons. The highest BCUT2D eigenvalue weighted by Gasteiger charge is 2.52. The van der Waals surface area contributed by atoms with Crippen LogP contribution in [0.15, 0.2) is 0 Å². The Morgan fingerprint density at radius 1 is 0.962 bits per heavy atom. The minimum absolute atomic E-state index is 0.156. The maximum absolute atomic E-state index is 12.1. The quantitative estimate of drug-likeness (QED) is 0.394. The van der Waals surface area contributed by atoms with Crippen LogP contribution in [0.1, 0.15) is 20.8 Å². The highest BCUT2D eigenvalue weighted by Crippen LogP contribution is 2.37. The molecule has 3 saturated heterocycles. The molecule has 0 aromatic rings. The van der Waals surface area contributed by atoms with Gasteiger partial charge in [0.1, 0.15) is 48.8 Å². The normalized spacial score (nSPS) is 51.2. The molecule has 0 unspecified atom stereocenters. The topological polar surface area (TPSA) is 150 Å². The molecule has 0 bridgehead atoms. The van der Waals surface area contributed by atoms with E-state index < -0.39 is 73.6 Å². The predicted octanol–water partition coefficient (Wildman–Crippen LogP) is -3.16. The molecule has 152 valence electrons. The van der Waals surface area contributed by atoms with E-state index in [1.807, 2.05) is 0 Å². The Balaban J connectivity index is 1.66. The maximum atomic E-state index is 12.1. The van der Waals surface area contributed by atoms with Crippen LogP contribution in [0.4, 0.5) is 0 Å². The van der Waals surface area contributed by atoms with Crippen molar-refractivity contribution in [2.75, 3.05) is 13.2 Å². The maximum Gasteiger partial charge on any atom is 0.163 e. The Morgan fingerprint density at radius 2 is 1.58 bits per heavy atom. The van der Waals surface area contributed by atoms with Gasteiger partial charge in [-0.05, 0) is 20.8 Å². The highest BCUT2D eigenvalue weighted by molar-refractivity contribution is 4.96. The molecule has 0 spiro atoms. The third-order valence-corrected chi connectivity index (χ3v) is 5.01. The number of hydrogen-bond donors (Lipinski definition) is 4. The summed E-state index contributed by atoms with van der Waals surface area (Å²) in [5.74, 6) is -0.948. The van der Waals surface area contributed by atoms with Gasteiger partial charge in [-0.2, -0.15) is 0 Å². The molecule has 0 aliphatic carbocycles. The summed E-state index contributed by atoms with van der Waals surface area (Å²) >= 11 is 0. The zero-order valence-electron chi connectivity index (χ0n) is 14.9. The molecule has 0 amide bonds. The number of aliphatic hydroxyl groups is 4. The van der Waals surface area contributed by atoms with Crippen LogP contribution in [0.3, 0.4) is 0 Å². The largest absolute Gasteiger partial charge is 0.829 e. The number of rotatable bonds is 4. The average Bonchev–Trinajstić information content (AvgIpc) is 2.90. The van der Waals surface area contributed by atoms with Gasteiger partial charge in [-0.3, -0.25) is 0 Å². The minimum atomic E-state index is -1.47. The predicted molar refractivity (Wildman–Crippen MR) is 81.7 cm³/mol. The van der Waals surface area contributed by atoms with E-state index in [2.05, 4.69) is 0 Å². The van der Waals surface area contributed by atoms with Gasteiger partial charge in [0, 0.05) is 6.29 Å². The second-order valence-corrected chi connectivity index (χ2v) is 7.44. The van der Waals surface area contributed by atoms with E-state index in [0.29, 0.717) is 0 Å². The number of hydrogen-bond acceptors (Lipinski definition) is 10. The first-order valence-electron chi connectivity index (χ1n) is 8.73. The molecule has 4 N–H and O–H groups in total. The van der Waals surface area contributed by atoms with E-state index in [-0.39, 0.29) is 6.61 Å². The third-order valence-electron chi connectivity index (χ3n) is 5.01. The van der Waals surface area contributed by atoms with Crippen molar-refractivity contribution in [3.05, 3.63) is 0 Å². The van der Waals surface area contributed by atoms with Crippen LogP contribution in [0, 0.1) is 0 Å². The molecule has 3 heterocycles. The lowest BCUT2D eigenvalue weighted by atomic mass is 9.95. The summed E-state index contributed by atoms with van der Waals surface area (Å²) in [4.78, 5) is 0. The smallest absolute Gasteiger partial charge is 0.163 e. The van der Waals surface area contributed by atoms with Gasteiger partial charge >= 0.3 is 0 Å². The van der Waals surface area contributed by atoms with E-state index >= 15 is 0 Å². The van der Waals surface area contributed by atoms with Gasteiger partial charge in [0.2, 0.25) is 0 Å². The first kappa shape index (κ1) is 20.3. The fourth-order valence-electron chi connectivity index (χ4n) is 3.67. The Bertz CT molecular complexity index is 486. The molecule has 26 heavy (non-hydrogen) atoms. The molecule has 3 aliphatic rings. The molecule has 0 saturated carbocycles. The average molecular weight is 379 g/mol. The molecule has 3 fully saturated rings. The van der Waals surface area contributed by atoms with Crippen LogP contribution in [-0.4, -0.2) is 101 Å². The van der Waals surface area contributed by atoms with Crippen molar-refractivity contribution in [1.29, 1.82) is 0 Å². The Morgan fingerprint density at radius 3 is 2.23 bits per heavy atom. The SMILES string of the molecule is C[C@@H]1O[C@@H]([O-])[C@@H]2OC(C)(C)O[C@@H]2[C@H]1OC[C@H]1O[C@H](CO)[C@@H](O)[C@H](O)[C@H]1O. The molecule has 0 aromatic carbocycles. The minimum Gasteiger partial charge on any atom is -0.829 e. The molecule has 3 aliphatic heterocycles. The summed E-state index contributed by atoms with van der Waals surface area (Å²) in [5, 5.41) is 51.1. The van der Waals surface area contributed by atoms with Crippen molar-refractivity contribution >= 4 is 0 Å². The van der Waals surface area contributed by atoms with Crippen molar-refractivity contribution in [2.45, 2.75) is 87.8 Å². The van der Waals surface area contributed by atoms with Crippen molar-refractivity contribution in [3.8, 4) is 0 Å². The van der Waals surface area contributed by atoms with Gasteiger partial charge in [-0.15, -0.1) is 0 Å². The Hall–Kier alpha value is -0.400. The van der Waals surface area contributed by atoms with Crippen LogP contribution < -0.4 is 5.11 Å². The molecular formula is C16H27O10-. The highest BCUT2D eigenvalue weighted by atomic mass is 16.8. The van der Waals surface area contributed by atoms with Gasteiger partial charge in [0.25, 0.3) is 0 Å². The summed E-state index contributed by atoms with van der Waals surface area (Å²) in [5.41, 5.74) is 0. The summed E-state index contributed by atoms with van der Waals surface area (Å²) in [7, 11) is 0. The van der Waals surface area contributed by atoms with E-state index in [4.69, 9.17) is 23.7 Å². The zero-order chi connectivity index (χ0) is 19.2. The summed E-state index contributed by atoms with van der Waals surface area (Å²) in [6.07, 6.45) is -10.4. The zero-order valence-corrected chi connectivity index (χ0v) is 14.9. The van der Waals surface area contributed by atoms with Gasteiger partial charge in [-0.25, -0.2) is 0 Å². The van der Waals surface area contributed by atoms with E-state index in [9.17, 15) is 25.5 Å². The molecule has 3 rings (SSSR count). The lowest BCUT2D eigenvalue weighted by Crippen LogP contribution is -2.62. The fourth-order valence-corrected chi connectivity index (χ4v) is 3.67. The number of aliphatic hydroxyl groups excluding tert-OH is 4. The standard InChI is InChI=1S/C16H27O10/c1-6-12(13-14(15(21)23-6)26-16(2,3)25-13)22-5-8-10(19)11(20)9(18)7(4-17)24-8/h6-15,17-20H,4-5H2,1-3H3/q-1/t6-,7+,8+,9+,10-,11-,12-,13+,14+,15+/m0/s1. The fraction of sp³-hybridized carbons (Fsp3) is 1.00. The van der Waals surface area contributed by atoms with E-state index in [1.165, 1.54) is 0 Å². The first-order valence-corrected chi connectivity index (χ1v) is 8.73. The van der Waals surface area contributed by atoms with Crippen molar-refractivity contribution < 1.29 is 49.2 Å². The lowest BCUT2D eigenvalue weighted by Gasteiger charge is -2.45. The van der Waals surface area contributed by atoms with Gasteiger partial charge in [0.15, 0.2) is 5.79 Å². The number of fused-ring (bicyclic) bond motifs is 1. The van der Waals surface area contributed by atoms with Gasteiger partial charge < -0.3 is 49.2 Å².